The summed E-state index contributed by atoms with van der Waals surface area (Å²) in [6.45, 7) is 0.141. The third-order valence-electron chi connectivity index (χ3n) is 3.17. The van der Waals surface area contributed by atoms with Crippen LogP contribution in [0.4, 0.5) is 0 Å². The quantitative estimate of drug-likeness (QED) is 0.612. The molecule has 0 unspecified atom stereocenters. The molecule has 2 aromatic carbocycles. The van der Waals surface area contributed by atoms with E-state index in [1.54, 1.807) is 6.07 Å². The summed E-state index contributed by atoms with van der Waals surface area (Å²) in [4.78, 5) is 16.7. The summed E-state index contributed by atoms with van der Waals surface area (Å²) in [5.41, 5.74) is 0.719. The number of carbonyl (C=O) groups is 1. The highest BCUT2D eigenvalue weighted by Crippen LogP contribution is 2.37. The number of carboxylic acids is 1. The molecule has 0 aliphatic carbocycles. The Morgan fingerprint density at radius 2 is 1.83 bits per heavy atom. The van der Waals surface area contributed by atoms with Crippen molar-refractivity contribution in [2.75, 3.05) is 14.2 Å². The first kappa shape index (κ1) is 17.6. The lowest BCUT2D eigenvalue weighted by Crippen LogP contribution is -2.16. The largest absolute Gasteiger partial charge is 0.493 e. The van der Waals surface area contributed by atoms with Gasteiger partial charge in [-0.25, -0.2) is 4.79 Å². The second-order valence-corrected chi connectivity index (χ2v) is 5.04. The van der Waals surface area contributed by atoms with E-state index in [9.17, 15) is 9.90 Å². The number of ether oxygens (including phenoxy) is 2. The molecule has 126 valence electrons. The number of benzene rings is 2. The molecule has 0 fully saturated rings. The van der Waals surface area contributed by atoms with Gasteiger partial charge in [-0.05, 0) is 17.7 Å². The van der Waals surface area contributed by atoms with E-state index in [1.165, 1.54) is 20.3 Å². The van der Waals surface area contributed by atoms with Crippen LogP contribution in [0.15, 0.2) is 47.6 Å². The molecule has 0 amide bonds. The minimum Gasteiger partial charge on any atom is -0.493 e. The van der Waals surface area contributed by atoms with E-state index in [2.05, 4.69) is 5.16 Å². The molecule has 0 bridgehead atoms. The summed E-state index contributed by atoms with van der Waals surface area (Å²) in [6, 6.07) is 12.3. The lowest BCUT2D eigenvalue weighted by molar-refractivity contribution is -0.129. The minimum absolute atomic E-state index is 0.0845. The molecule has 0 atom stereocenters. The zero-order valence-corrected chi connectivity index (χ0v) is 13.9. The van der Waals surface area contributed by atoms with E-state index < -0.39 is 5.97 Å². The molecule has 0 radical (unpaired) electrons. The van der Waals surface area contributed by atoms with Crippen molar-refractivity contribution in [3.63, 3.8) is 0 Å². The maximum absolute atomic E-state index is 11.5. The summed E-state index contributed by atoms with van der Waals surface area (Å²) in [7, 11) is 2.88. The Morgan fingerprint density at radius 3 is 2.42 bits per heavy atom. The van der Waals surface area contributed by atoms with Gasteiger partial charge in [-0.3, -0.25) is 0 Å². The van der Waals surface area contributed by atoms with Gasteiger partial charge in [-0.2, -0.15) is 0 Å². The van der Waals surface area contributed by atoms with Gasteiger partial charge >= 0.3 is 5.97 Å². The number of aliphatic carboxylic acids is 1. The number of oxime groups is 1. The molecule has 7 heteroatoms. The van der Waals surface area contributed by atoms with E-state index in [4.69, 9.17) is 25.9 Å². The second kappa shape index (κ2) is 8.21. The zero-order valence-electron chi connectivity index (χ0n) is 13.2. The monoisotopic (exact) mass is 349 g/mol. The highest BCUT2D eigenvalue weighted by atomic mass is 35.5. The van der Waals surface area contributed by atoms with Gasteiger partial charge in [-0.15, -0.1) is 0 Å². The van der Waals surface area contributed by atoms with Gasteiger partial charge in [0, 0.05) is 5.56 Å². The fraction of sp³-hybridized carbons (Fsp3) is 0.176. The van der Waals surface area contributed by atoms with Crippen LogP contribution in [0.2, 0.25) is 5.02 Å². The first-order valence-corrected chi connectivity index (χ1v) is 7.34. The number of nitrogens with zero attached hydrogens (tertiary/aromatic N) is 1. The van der Waals surface area contributed by atoms with Crippen LogP contribution in [-0.2, 0) is 16.2 Å². The predicted octanol–water partition coefficient (Wildman–Crippen LogP) is 3.36. The Balaban J connectivity index is 2.30. The van der Waals surface area contributed by atoms with Gasteiger partial charge in [0.15, 0.2) is 17.2 Å². The molecule has 0 spiro atoms. The van der Waals surface area contributed by atoms with Gasteiger partial charge in [-0.1, -0.05) is 47.1 Å². The summed E-state index contributed by atoms with van der Waals surface area (Å²) in [6.07, 6.45) is 0. The van der Waals surface area contributed by atoms with Crippen LogP contribution < -0.4 is 9.47 Å². The fourth-order valence-electron chi connectivity index (χ4n) is 2.02. The van der Waals surface area contributed by atoms with Crippen molar-refractivity contribution >= 4 is 23.3 Å². The van der Waals surface area contributed by atoms with Crippen LogP contribution in [0.5, 0.6) is 11.5 Å². The fourth-order valence-corrected chi connectivity index (χ4v) is 2.34. The zero-order chi connectivity index (χ0) is 17.5. The molecule has 24 heavy (non-hydrogen) atoms. The van der Waals surface area contributed by atoms with E-state index in [-0.39, 0.29) is 28.7 Å². The first-order valence-electron chi connectivity index (χ1n) is 6.96. The van der Waals surface area contributed by atoms with Crippen molar-refractivity contribution in [1.82, 2.24) is 0 Å². The smallest absolute Gasteiger partial charge is 0.358 e. The summed E-state index contributed by atoms with van der Waals surface area (Å²) >= 11 is 6.22. The molecular weight excluding hydrogens is 334 g/mol. The maximum Gasteiger partial charge on any atom is 0.358 e. The van der Waals surface area contributed by atoms with Gasteiger partial charge < -0.3 is 19.4 Å². The van der Waals surface area contributed by atoms with Crippen molar-refractivity contribution in [2.24, 2.45) is 5.16 Å². The second-order valence-electron chi connectivity index (χ2n) is 4.67. The summed E-state index contributed by atoms with van der Waals surface area (Å²) in [5, 5.41) is 13.2. The Morgan fingerprint density at radius 1 is 1.12 bits per heavy atom. The summed E-state index contributed by atoms with van der Waals surface area (Å²) < 4.78 is 10.3. The number of methoxy groups -OCH3 is 2. The van der Waals surface area contributed by atoms with Crippen LogP contribution in [0.25, 0.3) is 0 Å². The van der Waals surface area contributed by atoms with Crippen LogP contribution in [-0.4, -0.2) is 31.0 Å². The highest BCUT2D eigenvalue weighted by Gasteiger charge is 2.22. The molecule has 0 aromatic heterocycles. The number of hydrogen-bond donors (Lipinski definition) is 1. The van der Waals surface area contributed by atoms with Crippen LogP contribution in [0.1, 0.15) is 11.1 Å². The van der Waals surface area contributed by atoms with Crippen molar-refractivity contribution in [3.8, 4) is 11.5 Å². The van der Waals surface area contributed by atoms with E-state index in [0.717, 1.165) is 5.56 Å². The van der Waals surface area contributed by atoms with Crippen molar-refractivity contribution < 1.29 is 24.2 Å². The van der Waals surface area contributed by atoms with E-state index in [1.807, 2.05) is 30.3 Å². The average molecular weight is 350 g/mol. The highest BCUT2D eigenvalue weighted by molar-refractivity contribution is 6.47. The number of halogens is 1. The molecule has 2 aromatic rings. The molecule has 0 heterocycles. The molecule has 0 saturated heterocycles. The van der Waals surface area contributed by atoms with Gasteiger partial charge in [0.1, 0.15) is 6.61 Å². The third-order valence-corrected chi connectivity index (χ3v) is 3.55. The topological polar surface area (TPSA) is 77.4 Å². The molecule has 2 rings (SSSR count). The normalized spacial score (nSPS) is 11.0. The van der Waals surface area contributed by atoms with Gasteiger partial charge in [0.2, 0.25) is 0 Å². The number of rotatable bonds is 7. The Bertz CT molecular complexity index is 746. The first-order chi connectivity index (χ1) is 11.6. The van der Waals surface area contributed by atoms with Crippen molar-refractivity contribution in [1.29, 1.82) is 0 Å². The number of hydrogen-bond acceptors (Lipinski definition) is 5. The Labute approximate surface area is 144 Å². The molecule has 1 N–H and O–H groups in total. The minimum atomic E-state index is -1.27. The van der Waals surface area contributed by atoms with Crippen LogP contribution in [0, 0.1) is 0 Å². The Kier molecular flexibility index (Phi) is 6.03. The van der Waals surface area contributed by atoms with Crippen molar-refractivity contribution in [2.45, 2.75) is 6.61 Å². The molecule has 0 aliphatic rings. The standard InChI is InChI=1S/C17H16ClNO5/c1-22-13-9-8-12(14(18)16(13)23-2)15(17(20)21)19-24-10-11-6-4-3-5-7-11/h3-9H,10H2,1-2H3,(H,20,21)/b19-15+. The van der Waals surface area contributed by atoms with Crippen LogP contribution in [0.3, 0.4) is 0 Å². The predicted molar refractivity (Wildman–Crippen MR) is 90.0 cm³/mol. The van der Waals surface area contributed by atoms with Gasteiger partial charge in [0.05, 0.1) is 19.2 Å². The van der Waals surface area contributed by atoms with E-state index >= 15 is 0 Å². The number of carboxylic acid groups (broad SMARTS) is 1. The maximum atomic E-state index is 11.5. The Hall–Kier alpha value is -2.73. The lowest BCUT2D eigenvalue weighted by atomic mass is 10.1. The van der Waals surface area contributed by atoms with Crippen LogP contribution >= 0.6 is 11.6 Å². The molecule has 6 nitrogen and oxygen atoms in total. The molecule has 0 saturated carbocycles. The van der Waals surface area contributed by atoms with Gasteiger partial charge in [0.25, 0.3) is 0 Å². The molecular formula is C17H16ClNO5. The lowest BCUT2D eigenvalue weighted by Gasteiger charge is -2.12. The average Bonchev–Trinajstić information content (AvgIpc) is 2.59. The molecule has 0 aliphatic heterocycles. The summed E-state index contributed by atoms with van der Waals surface area (Å²) in [5.74, 6) is -0.646. The SMILES string of the molecule is COc1ccc(/C(=N\OCc2ccccc2)C(=O)O)c(Cl)c1OC. The third kappa shape index (κ3) is 3.97. The van der Waals surface area contributed by atoms with Crippen molar-refractivity contribution in [3.05, 3.63) is 58.6 Å². The van der Waals surface area contributed by atoms with E-state index in [0.29, 0.717) is 5.75 Å².